The van der Waals surface area contributed by atoms with Crippen molar-refractivity contribution >= 4 is 44.8 Å². The Morgan fingerprint density at radius 3 is 2.39 bits per heavy atom. The summed E-state index contributed by atoms with van der Waals surface area (Å²) in [6, 6.07) is 19.5. The SMILES string of the molecule is CCOc1cc(CNc2ccc(Cl)c(Cl)c2)cc(Br)c1OCc1ccccc1. The van der Waals surface area contributed by atoms with Gasteiger partial charge in [0.1, 0.15) is 6.61 Å². The fourth-order valence-corrected chi connectivity index (χ4v) is 3.57. The second-order valence-corrected chi connectivity index (χ2v) is 7.76. The number of benzene rings is 3. The van der Waals surface area contributed by atoms with Crippen molar-refractivity contribution in [3.05, 3.63) is 86.3 Å². The first-order valence-corrected chi connectivity index (χ1v) is 10.4. The van der Waals surface area contributed by atoms with Crippen molar-refractivity contribution in [3.63, 3.8) is 0 Å². The Bertz CT molecular complexity index is 935. The Morgan fingerprint density at radius 2 is 1.68 bits per heavy atom. The normalized spacial score (nSPS) is 10.6. The van der Waals surface area contributed by atoms with E-state index >= 15 is 0 Å². The summed E-state index contributed by atoms with van der Waals surface area (Å²) in [5, 5.41) is 4.40. The van der Waals surface area contributed by atoms with Gasteiger partial charge in [-0.1, -0.05) is 53.5 Å². The van der Waals surface area contributed by atoms with Crippen molar-refractivity contribution in [1.82, 2.24) is 0 Å². The number of rotatable bonds is 8. The summed E-state index contributed by atoms with van der Waals surface area (Å²) < 4.78 is 12.7. The van der Waals surface area contributed by atoms with Gasteiger partial charge in [-0.25, -0.2) is 0 Å². The van der Waals surface area contributed by atoms with Crippen LogP contribution in [0.3, 0.4) is 0 Å². The lowest BCUT2D eigenvalue weighted by Crippen LogP contribution is -2.04. The van der Waals surface area contributed by atoms with Crippen molar-refractivity contribution in [2.75, 3.05) is 11.9 Å². The second-order valence-electron chi connectivity index (χ2n) is 6.09. The van der Waals surface area contributed by atoms with E-state index in [4.69, 9.17) is 32.7 Å². The van der Waals surface area contributed by atoms with E-state index < -0.39 is 0 Å². The number of hydrogen-bond acceptors (Lipinski definition) is 3. The second kappa shape index (κ2) is 10.1. The van der Waals surface area contributed by atoms with Gasteiger partial charge in [0.15, 0.2) is 11.5 Å². The molecule has 0 saturated carbocycles. The van der Waals surface area contributed by atoms with E-state index in [0.717, 1.165) is 21.3 Å². The summed E-state index contributed by atoms with van der Waals surface area (Å²) in [6.45, 7) is 3.59. The third-order valence-electron chi connectivity index (χ3n) is 4.01. The van der Waals surface area contributed by atoms with Crippen LogP contribution in [0.15, 0.2) is 65.1 Å². The molecule has 0 spiro atoms. The van der Waals surface area contributed by atoms with Crippen LogP contribution in [0.1, 0.15) is 18.1 Å². The van der Waals surface area contributed by atoms with Crippen LogP contribution in [0.2, 0.25) is 10.0 Å². The smallest absolute Gasteiger partial charge is 0.175 e. The van der Waals surface area contributed by atoms with Crippen LogP contribution in [-0.2, 0) is 13.2 Å². The third-order valence-corrected chi connectivity index (χ3v) is 5.34. The Hall–Kier alpha value is -1.88. The molecule has 0 fully saturated rings. The zero-order valence-electron chi connectivity index (χ0n) is 15.3. The highest BCUT2D eigenvalue weighted by molar-refractivity contribution is 9.10. The predicted molar refractivity (Wildman–Crippen MR) is 120 cm³/mol. The minimum absolute atomic E-state index is 0.473. The molecule has 3 rings (SSSR count). The highest BCUT2D eigenvalue weighted by Gasteiger charge is 2.13. The molecule has 0 aliphatic carbocycles. The van der Waals surface area contributed by atoms with Gasteiger partial charge < -0.3 is 14.8 Å². The zero-order valence-corrected chi connectivity index (χ0v) is 18.4. The van der Waals surface area contributed by atoms with Gasteiger partial charge in [-0.15, -0.1) is 0 Å². The van der Waals surface area contributed by atoms with Crippen molar-refractivity contribution in [2.45, 2.75) is 20.1 Å². The minimum Gasteiger partial charge on any atom is -0.490 e. The molecule has 0 atom stereocenters. The van der Waals surface area contributed by atoms with Crippen LogP contribution in [0.4, 0.5) is 5.69 Å². The highest BCUT2D eigenvalue weighted by atomic mass is 79.9. The van der Waals surface area contributed by atoms with E-state index in [1.807, 2.05) is 55.5 Å². The molecule has 0 saturated heterocycles. The maximum absolute atomic E-state index is 6.08. The van der Waals surface area contributed by atoms with Crippen LogP contribution < -0.4 is 14.8 Å². The van der Waals surface area contributed by atoms with Gasteiger partial charge in [0.05, 0.1) is 21.1 Å². The van der Waals surface area contributed by atoms with E-state index in [2.05, 4.69) is 21.2 Å². The molecule has 0 aromatic heterocycles. The summed E-state index contributed by atoms with van der Waals surface area (Å²) in [7, 11) is 0. The number of hydrogen-bond donors (Lipinski definition) is 1. The van der Waals surface area contributed by atoms with Crippen molar-refractivity contribution in [2.24, 2.45) is 0 Å². The predicted octanol–water partition coefficient (Wildman–Crippen LogP) is 7.35. The van der Waals surface area contributed by atoms with Gasteiger partial charge in [0.25, 0.3) is 0 Å². The zero-order chi connectivity index (χ0) is 19.9. The van der Waals surface area contributed by atoms with E-state index in [1.54, 1.807) is 12.1 Å². The molecule has 1 N–H and O–H groups in total. The van der Waals surface area contributed by atoms with Gasteiger partial charge in [0.2, 0.25) is 0 Å². The molecule has 3 nitrogen and oxygen atoms in total. The van der Waals surface area contributed by atoms with E-state index in [1.165, 1.54) is 0 Å². The Kier molecular flexibility index (Phi) is 7.49. The first-order valence-electron chi connectivity index (χ1n) is 8.87. The number of nitrogens with one attached hydrogen (secondary N) is 1. The fourth-order valence-electron chi connectivity index (χ4n) is 2.67. The van der Waals surface area contributed by atoms with Gasteiger partial charge >= 0.3 is 0 Å². The molecule has 0 bridgehead atoms. The van der Waals surface area contributed by atoms with Gasteiger partial charge in [-0.3, -0.25) is 0 Å². The average Bonchev–Trinajstić information content (AvgIpc) is 2.69. The monoisotopic (exact) mass is 479 g/mol. The molecule has 0 aliphatic rings. The quantitative estimate of drug-likeness (QED) is 0.365. The van der Waals surface area contributed by atoms with E-state index in [-0.39, 0.29) is 0 Å². The summed E-state index contributed by atoms with van der Waals surface area (Å²) in [5.41, 5.74) is 3.04. The molecule has 146 valence electrons. The molecule has 0 radical (unpaired) electrons. The molecule has 0 unspecified atom stereocenters. The van der Waals surface area contributed by atoms with Crippen LogP contribution in [0, 0.1) is 0 Å². The van der Waals surface area contributed by atoms with Crippen LogP contribution >= 0.6 is 39.1 Å². The number of anilines is 1. The molecule has 28 heavy (non-hydrogen) atoms. The Morgan fingerprint density at radius 1 is 0.893 bits per heavy atom. The standard InChI is InChI=1S/C22H20BrCl2NO2/c1-2-27-21-11-16(13-26-17-8-9-19(24)20(25)12-17)10-18(23)22(21)28-14-15-6-4-3-5-7-15/h3-12,26H,2,13-14H2,1H3. The summed E-state index contributed by atoms with van der Waals surface area (Å²) in [4.78, 5) is 0. The van der Waals surface area contributed by atoms with Gasteiger partial charge in [-0.2, -0.15) is 0 Å². The maximum atomic E-state index is 6.08. The van der Waals surface area contributed by atoms with E-state index in [9.17, 15) is 0 Å². The summed E-state index contributed by atoms with van der Waals surface area (Å²) >= 11 is 15.7. The number of halogens is 3. The van der Waals surface area contributed by atoms with E-state index in [0.29, 0.717) is 41.3 Å². The lowest BCUT2D eigenvalue weighted by molar-refractivity contribution is 0.267. The van der Waals surface area contributed by atoms with Crippen molar-refractivity contribution in [1.29, 1.82) is 0 Å². The summed E-state index contributed by atoms with van der Waals surface area (Å²) in [6.07, 6.45) is 0. The molecule has 0 amide bonds. The molecular formula is C22H20BrCl2NO2. The van der Waals surface area contributed by atoms with Crippen LogP contribution in [0.5, 0.6) is 11.5 Å². The molecule has 0 heterocycles. The topological polar surface area (TPSA) is 30.5 Å². The van der Waals surface area contributed by atoms with Crippen LogP contribution in [-0.4, -0.2) is 6.61 Å². The molecule has 3 aromatic carbocycles. The van der Waals surface area contributed by atoms with Gasteiger partial charge in [-0.05, 0) is 64.3 Å². The lowest BCUT2D eigenvalue weighted by Gasteiger charge is -2.16. The Balaban J connectivity index is 1.74. The maximum Gasteiger partial charge on any atom is 0.175 e. The average molecular weight is 481 g/mol. The first kappa shape index (κ1) is 20.8. The van der Waals surface area contributed by atoms with Crippen molar-refractivity contribution in [3.8, 4) is 11.5 Å². The van der Waals surface area contributed by atoms with Crippen molar-refractivity contribution < 1.29 is 9.47 Å². The summed E-state index contributed by atoms with van der Waals surface area (Å²) in [5.74, 6) is 1.41. The molecule has 6 heteroatoms. The van der Waals surface area contributed by atoms with Gasteiger partial charge in [0, 0.05) is 12.2 Å². The largest absolute Gasteiger partial charge is 0.490 e. The fraction of sp³-hybridized carbons (Fsp3) is 0.182. The Labute approximate surface area is 183 Å². The van der Waals surface area contributed by atoms with Crippen LogP contribution in [0.25, 0.3) is 0 Å². The molecule has 0 aliphatic heterocycles. The molecule has 3 aromatic rings. The number of ether oxygens (including phenoxy) is 2. The minimum atomic E-state index is 0.473. The highest BCUT2D eigenvalue weighted by Crippen LogP contribution is 2.38. The first-order chi connectivity index (χ1) is 13.6. The molecular weight excluding hydrogens is 461 g/mol. The lowest BCUT2D eigenvalue weighted by atomic mass is 10.2. The third kappa shape index (κ3) is 5.57.